The van der Waals surface area contributed by atoms with Crippen LogP contribution >= 0.6 is 11.6 Å². The lowest BCUT2D eigenvalue weighted by Crippen LogP contribution is -2.48. The number of carbonyl (C=O) groups excluding carboxylic acids is 1. The molecule has 0 fully saturated rings. The molecule has 2 rings (SSSR count). The molecule has 2 atom stereocenters. The molecule has 0 saturated carbocycles. The number of rotatable bonds is 9. The van der Waals surface area contributed by atoms with Gasteiger partial charge in [-0.05, 0) is 42.8 Å². The highest BCUT2D eigenvalue weighted by molar-refractivity contribution is 6.22. The van der Waals surface area contributed by atoms with Crippen LogP contribution in [-0.4, -0.2) is 33.9 Å². The topological polar surface area (TPSA) is 87.8 Å². The molecule has 0 aromatic heterocycles. The number of nitrogens with zero attached hydrogens (tertiary/aromatic N) is 1. The molecule has 1 amide bonds. The van der Waals surface area contributed by atoms with Crippen molar-refractivity contribution < 1.29 is 19.1 Å². The summed E-state index contributed by atoms with van der Waals surface area (Å²) in [5.74, 6) is -0.500. The van der Waals surface area contributed by atoms with Gasteiger partial charge in [-0.1, -0.05) is 29.8 Å². The van der Waals surface area contributed by atoms with Gasteiger partial charge in [0.05, 0.1) is 0 Å². The zero-order valence-corrected chi connectivity index (χ0v) is 15.9. The lowest BCUT2D eigenvalue weighted by atomic mass is 10.2. The van der Waals surface area contributed by atoms with E-state index in [2.05, 4.69) is 5.32 Å². The van der Waals surface area contributed by atoms with Crippen LogP contribution in [0.25, 0.3) is 0 Å². The Morgan fingerprint density at radius 2 is 2.04 bits per heavy atom. The molecule has 0 spiro atoms. The summed E-state index contributed by atoms with van der Waals surface area (Å²) in [5.41, 5.74) is 6.34. The van der Waals surface area contributed by atoms with E-state index in [1.54, 1.807) is 44.2 Å². The van der Waals surface area contributed by atoms with Crippen molar-refractivity contribution in [2.75, 3.05) is 6.54 Å². The van der Waals surface area contributed by atoms with Gasteiger partial charge in [-0.15, -0.1) is 0 Å². The Morgan fingerprint density at radius 3 is 2.67 bits per heavy atom. The molecule has 6 nitrogen and oxygen atoms in total. The van der Waals surface area contributed by atoms with Crippen LogP contribution < -0.4 is 15.8 Å². The smallest absolute Gasteiger partial charge is 0.248 e. The fourth-order valence-electron chi connectivity index (χ4n) is 2.34. The van der Waals surface area contributed by atoms with Gasteiger partial charge in [0.15, 0.2) is 0 Å². The molecule has 0 aliphatic carbocycles. The van der Waals surface area contributed by atoms with Crippen LogP contribution in [0.1, 0.15) is 29.8 Å². The van der Waals surface area contributed by atoms with E-state index in [1.807, 2.05) is 0 Å². The predicted octanol–water partition coefficient (Wildman–Crippen LogP) is 3.09. The van der Waals surface area contributed by atoms with E-state index in [9.17, 15) is 14.4 Å². The first kappa shape index (κ1) is 21.1. The number of alkyl halides is 1. The number of hydrogen-bond donors (Lipinski definition) is 3. The maximum Gasteiger partial charge on any atom is 0.248 e. The summed E-state index contributed by atoms with van der Waals surface area (Å²) in [5, 5.41) is 13.0. The summed E-state index contributed by atoms with van der Waals surface area (Å²) < 4.78 is 18.6. The SMILES string of the molecule is C[C@@H](CN[C@](C)(Cl)Oc1cccc(C(N)=O)c1)N(O)Cc1ccc(F)cc1. The zero-order valence-electron chi connectivity index (χ0n) is 15.2. The van der Waals surface area contributed by atoms with Gasteiger partial charge in [-0.25, -0.2) is 4.39 Å². The Hall–Kier alpha value is -2.19. The molecule has 146 valence electrons. The Kier molecular flexibility index (Phi) is 7.15. The number of hydrogen-bond acceptors (Lipinski definition) is 5. The largest absolute Gasteiger partial charge is 0.459 e. The van der Waals surface area contributed by atoms with E-state index < -0.39 is 11.1 Å². The van der Waals surface area contributed by atoms with E-state index in [4.69, 9.17) is 22.1 Å². The molecule has 0 unspecified atom stereocenters. The number of carbonyl (C=O) groups is 1. The summed E-state index contributed by atoms with van der Waals surface area (Å²) in [6, 6.07) is 12.0. The number of nitrogens with one attached hydrogen (secondary N) is 1. The molecule has 4 N–H and O–H groups in total. The average molecular weight is 396 g/mol. The minimum atomic E-state index is -1.26. The Labute approximate surface area is 162 Å². The monoisotopic (exact) mass is 395 g/mol. The van der Waals surface area contributed by atoms with E-state index in [0.717, 1.165) is 10.6 Å². The molecular formula is C19H23ClFN3O3. The first-order valence-corrected chi connectivity index (χ1v) is 8.77. The fourth-order valence-corrected chi connectivity index (χ4v) is 2.50. The van der Waals surface area contributed by atoms with Crippen LogP contribution in [0.4, 0.5) is 4.39 Å². The standard InChI is InChI=1S/C19H23ClFN3O3/c1-13(24(26)12-14-6-8-16(21)9-7-14)11-23-19(2,20)27-17-5-3-4-15(10-17)18(22)25/h3-10,13,23,26H,11-12H2,1-2H3,(H2,22,25)/t13-,19-/m0/s1. The van der Waals surface area contributed by atoms with E-state index in [0.29, 0.717) is 17.9 Å². The van der Waals surface area contributed by atoms with Gasteiger partial charge >= 0.3 is 0 Å². The number of primary amides is 1. The zero-order chi connectivity index (χ0) is 20.0. The van der Waals surface area contributed by atoms with Crippen molar-refractivity contribution in [2.45, 2.75) is 31.6 Å². The maximum atomic E-state index is 12.9. The van der Waals surface area contributed by atoms with Gasteiger partial charge < -0.3 is 15.7 Å². The molecule has 0 aliphatic heterocycles. The molecule has 0 saturated heterocycles. The number of ether oxygens (including phenoxy) is 1. The Balaban J connectivity index is 1.88. The highest BCUT2D eigenvalue weighted by atomic mass is 35.5. The summed E-state index contributed by atoms with van der Waals surface area (Å²) in [6.07, 6.45) is 0. The second-order valence-electron chi connectivity index (χ2n) is 6.36. The highest BCUT2D eigenvalue weighted by Gasteiger charge is 2.24. The van der Waals surface area contributed by atoms with Gasteiger partial charge in [0.2, 0.25) is 11.1 Å². The van der Waals surface area contributed by atoms with Crippen molar-refractivity contribution >= 4 is 17.5 Å². The first-order chi connectivity index (χ1) is 12.7. The van der Waals surface area contributed by atoms with Crippen molar-refractivity contribution in [1.29, 1.82) is 0 Å². The van der Waals surface area contributed by atoms with Crippen LogP contribution in [0, 0.1) is 5.82 Å². The normalized spacial score (nSPS) is 14.6. The van der Waals surface area contributed by atoms with Crippen molar-refractivity contribution in [3.63, 3.8) is 0 Å². The minimum absolute atomic E-state index is 0.240. The molecule has 27 heavy (non-hydrogen) atoms. The lowest BCUT2D eigenvalue weighted by Gasteiger charge is -2.29. The van der Waals surface area contributed by atoms with E-state index in [1.165, 1.54) is 18.2 Å². The first-order valence-electron chi connectivity index (χ1n) is 8.39. The number of halogens is 2. The van der Waals surface area contributed by atoms with Crippen LogP contribution in [-0.2, 0) is 6.54 Å². The highest BCUT2D eigenvalue weighted by Crippen LogP contribution is 2.21. The second kappa shape index (κ2) is 9.14. The molecule has 0 heterocycles. The molecule has 0 bridgehead atoms. The van der Waals surface area contributed by atoms with Crippen molar-refractivity contribution in [1.82, 2.24) is 10.4 Å². The van der Waals surface area contributed by atoms with Gasteiger partial charge in [-0.2, -0.15) is 5.06 Å². The fraction of sp³-hybridized carbons (Fsp3) is 0.316. The summed E-state index contributed by atoms with van der Waals surface area (Å²) in [4.78, 5) is 11.2. The third-order valence-electron chi connectivity index (χ3n) is 3.91. The Bertz CT molecular complexity index is 771. The number of nitrogens with two attached hydrogens (primary N) is 1. The molecule has 8 heteroatoms. The summed E-state index contributed by atoms with van der Waals surface area (Å²) in [6.45, 7) is 3.97. The molecule has 0 aliphatic rings. The average Bonchev–Trinajstić information content (AvgIpc) is 2.61. The van der Waals surface area contributed by atoms with Gasteiger partial charge in [0.1, 0.15) is 11.6 Å². The molecule has 2 aromatic rings. The van der Waals surface area contributed by atoms with Gasteiger partial charge in [0, 0.05) is 31.6 Å². The quantitative estimate of drug-likeness (QED) is 0.263. The lowest BCUT2D eigenvalue weighted by molar-refractivity contribution is -0.131. The van der Waals surface area contributed by atoms with Crippen LogP contribution in [0.3, 0.4) is 0 Å². The van der Waals surface area contributed by atoms with Crippen LogP contribution in [0.5, 0.6) is 5.75 Å². The molecule has 2 aromatic carbocycles. The summed E-state index contributed by atoms with van der Waals surface area (Å²) >= 11 is 6.34. The number of amides is 1. The number of hydroxylamine groups is 2. The van der Waals surface area contributed by atoms with Crippen molar-refractivity contribution in [2.24, 2.45) is 5.73 Å². The van der Waals surface area contributed by atoms with Crippen molar-refractivity contribution in [3.8, 4) is 5.75 Å². The van der Waals surface area contributed by atoms with Crippen molar-refractivity contribution in [3.05, 3.63) is 65.5 Å². The summed E-state index contributed by atoms with van der Waals surface area (Å²) in [7, 11) is 0. The second-order valence-corrected chi connectivity index (χ2v) is 7.09. The van der Waals surface area contributed by atoms with Crippen LogP contribution in [0.2, 0.25) is 0 Å². The predicted molar refractivity (Wildman–Crippen MR) is 101 cm³/mol. The third-order valence-corrected chi connectivity index (χ3v) is 4.12. The maximum absolute atomic E-state index is 12.9. The minimum Gasteiger partial charge on any atom is -0.459 e. The number of benzene rings is 2. The van der Waals surface area contributed by atoms with Crippen LogP contribution in [0.15, 0.2) is 48.5 Å². The molecular weight excluding hydrogens is 373 g/mol. The molecule has 0 radical (unpaired) electrons. The van der Waals surface area contributed by atoms with Gasteiger partial charge in [0.25, 0.3) is 0 Å². The van der Waals surface area contributed by atoms with Gasteiger partial charge in [-0.3, -0.25) is 10.1 Å². The Morgan fingerprint density at radius 1 is 1.37 bits per heavy atom. The van der Waals surface area contributed by atoms with E-state index >= 15 is 0 Å². The third kappa shape index (κ3) is 6.80. The van der Waals surface area contributed by atoms with E-state index in [-0.39, 0.29) is 18.4 Å².